The van der Waals surface area contributed by atoms with Gasteiger partial charge in [-0.2, -0.15) is 10.1 Å². The van der Waals surface area contributed by atoms with Gasteiger partial charge >= 0.3 is 51.4 Å². The molecule has 0 amide bonds. The summed E-state index contributed by atoms with van der Waals surface area (Å²) < 4.78 is 12.1. The predicted octanol–water partition coefficient (Wildman–Crippen LogP) is -1.08. The number of nitrogens with zero attached hydrogens (tertiary/aromatic N) is 4. The Morgan fingerprint density at radius 2 is 1.93 bits per heavy atom. The molecule has 0 aliphatic carbocycles. The van der Waals surface area contributed by atoms with E-state index in [1.54, 1.807) is 35.0 Å². The van der Waals surface area contributed by atoms with Crippen LogP contribution >= 0.6 is 0 Å². The van der Waals surface area contributed by atoms with Gasteiger partial charge in [-0.1, -0.05) is 18.2 Å². The van der Waals surface area contributed by atoms with Gasteiger partial charge in [0.25, 0.3) is 5.88 Å². The fraction of sp³-hybridized carbons (Fsp3) is 0.100. The third-order valence-electron chi connectivity index (χ3n) is 4.31. The maximum Gasteiger partial charge on any atom is 1.00 e. The fourth-order valence-corrected chi connectivity index (χ4v) is 2.94. The Labute approximate surface area is 214 Å². The van der Waals surface area contributed by atoms with Crippen LogP contribution < -0.4 is 71.3 Å². The van der Waals surface area contributed by atoms with Crippen LogP contribution in [0.4, 0.5) is 11.5 Å². The molecule has 0 radical (unpaired) electrons. The number of methoxy groups -OCH3 is 2. The molecular weight excluding hydrogens is 413 g/mol. The number of benzene rings is 1. The van der Waals surface area contributed by atoms with Crippen molar-refractivity contribution >= 4 is 23.1 Å². The zero-order chi connectivity index (χ0) is 20.4. The average Bonchev–Trinajstić information content (AvgIpc) is 3.22. The Morgan fingerprint density at radius 1 is 1.10 bits per heavy atom. The van der Waals surface area contributed by atoms with E-state index in [1.165, 1.54) is 26.6 Å². The molecule has 0 spiro atoms. The molecule has 9 nitrogen and oxygen atoms in total. The van der Waals surface area contributed by atoms with Gasteiger partial charge in [-0.15, -0.1) is 0 Å². The van der Waals surface area contributed by atoms with Gasteiger partial charge in [0, 0.05) is 11.8 Å². The van der Waals surface area contributed by atoms with Gasteiger partial charge in [0.15, 0.2) is 11.4 Å². The number of aromatic carboxylic acids is 1. The second kappa shape index (κ2) is 9.54. The number of fused-ring (bicyclic) bond motifs is 1. The molecule has 4 rings (SSSR count). The van der Waals surface area contributed by atoms with E-state index in [-0.39, 0.29) is 56.9 Å². The van der Waals surface area contributed by atoms with Crippen molar-refractivity contribution in [3.63, 3.8) is 0 Å². The van der Waals surface area contributed by atoms with Crippen molar-refractivity contribution in [3.05, 3.63) is 60.6 Å². The summed E-state index contributed by atoms with van der Waals surface area (Å²) in [5.41, 5.74) is 2.76. The summed E-state index contributed by atoms with van der Waals surface area (Å²) in [4.78, 5) is 19.9. The van der Waals surface area contributed by atoms with Gasteiger partial charge in [-0.05, 0) is 35.4 Å². The molecule has 0 atom stereocenters. The quantitative estimate of drug-likeness (QED) is 0.385. The molecule has 0 aliphatic heterocycles. The normalized spacial score (nSPS) is 10.3. The Morgan fingerprint density at radius 3 is 2.67 bits per heavy atom. The van der Waals surface area contributed by atoms with Gasteiger partial charge in [0.05, 0.1) is 25.9 Å². The Hall–Kier alpha value is -2.50. The minimum atomic E-state index is -1.23. The Kier molecular flexibility index (Phi) is 7.05. The second-order valence-corrected chi connectivity index (χ2v) is 6.07. The molecule has 3 heterocycles. The van der Waals surface area contributed by atoms with E-state index in [4.69, 9.17) is 9.47 Å². The Bertz CT molecular complexity index is 1210. The van der Waals surface area contributed by atoms with Crippen LogP contribution in [0.2, 0.25) is 0 Å². The summed E-state index contributed by atoms with van der Waals surface area (Å²) >= 11 is 0. The fourth-order valence-electron chi connectivity index (χ4n) is 2.94. The van der Waals surface area contributed by atoms with Crippen LogP contribution in [-0.4, -0.2) is 39.8 Å². The third-order valence-corrected chi connectivity index (χ3v) is 4.31. The summed E-state index contributed by atoms with van der Waals surface area (Å²) in [6, 6.07) is 11.8. The van der Waals surface area contributed by atoms with Gasteiger partial charge in [0.2, 0.25) is 0 Å². The molecule has 0 fully saturated rings. The molecule has 4 aromatic rings. The van der Waals surface area contributed by atoms with Crippen LogP contribution in [0, 0.1) is 0 Å². The summed E-state index contributed by atoms with van der Waals surface area (Å²) in [6.45, 7) is 0. The average molecular weight is 429 g/mol. The molecule has 1 aromatic carbocycles. The molecule has 10 heteroatoms. The first-order chi connectivity index (χ1) is 14.1. The van der Waals surface area contributed by atoms with Crippen LogP contribution in [0.25, 0.3) is 16.8 Å². The van der Waals surface area contributed by atoms with E-state index in [0.717, 1.165) is 5.56 Å². The van der Waals surface area contributed by atoms with Crippen LogP contribution in [-0.2, 0) is 0 Å². The number of anilines is 2. The standard InChI is InChI=1S/C20H17N5O4.K/c1-28-16-6-7-17(24-19(16)29-2)23-15-9-14(10-25-18(15)21-11-22-25)12-4-3-5-13(8-12)20(26)27;/h3-11H,1-2H3,(H,23,24)(H,26,27);/q;+1/p-1. The summed E-state index contributed by atoms with van der Waals surface area (Å²) in [5, 5.41) is 18.6. The number of hydrogen-bond donors (Lipinski definition) is 1. The first-order valence-corrected chi connectivity index (χ1v) is 8.60. The first-order valence-electron chi connectivity index (χ1n) is 8.60. The van der Waals surface area contributed by atoms with Gasteiger partial charge in [-0.25, -0.2) is 9.50 Å². The van der Waals surface area contributed by atoms with Crippen molar-refractivity contribution < 1.29 is 70.8 Å². The van der Waals surface area contributed by atoms with E-state index in [0.29, 0.717) is 34.3 Å². The molecule has 1 N–H and O–H groups in total. The van der Waals surface area contributed by atoms with Gasteiger partial charge in [-0.3, -0.25) is 0 Å². The monoisotopic (exact) mass is 429 g/mol. The molecule has 0 saturated heterocycles. The van der Waals surface area contributed by atoms with E-state index < -0.39 is 5.97 Å². The summed E-state index contributed by atoms with van der Waals surface area (Å²) in [5.74, 6) is 0.140. The first kappa shape index (κ1) is 22.2. The molecule has 30 heavy (non-hydrogen) atoms. The number of carboxylic acids is 1. The van der Waals surface area contributed by atoms with Crippen LogP contribution in [0.1, 0.15) is 10.4 Å². The number of hydrogen-bond acceptors (Lipinski definition) is 8. The molecule has 0 aliphatic rings. The Balaban J connectivity index is 0.00000256. The van der Waals surface area contributed by atoms with Crippen molar-refractivity contribution in [2.75, 3.05) is 19.5 Å². The maximum absolute atomic E-state index is 11.2. The van der Waals surface area contributed by atoms with E-state index >= 15 is 0 Å². The predicted molar refractivity (Wildman–Crippen MR) is 103 cm³/mol. The molecular formula is C20H16KN5O4. The number of ether oxygens (including phenoxy) is 2. The van der Waals surface area contributed by atoms with E-state index in [2.05, 4.69) is 20.4 Å². The van der Waals surface area contributed by atoms with Crippen molar-refractivity contribution in [3.8, 4) is 22.8 Å². The topological polar surface area (TPSA) is 114 Å². The number of carbonyl (C=O) groups is 1. The van der Waals surface area contributed by atoms with Crippen molar-refractivity contribution in [1.82, 2.24) is 19.6 Å². The number of carbonyl (C=O) groups excluding carboxylic acids is 1. The van der Waals surface area contributed by atoms with Gasteiger partial charge in [0.1, 0.15) is 12.1 Å². The van der Waals surface area contributed by atoms with Gasteiger partial charge < -0.3 is 24.7 Å². The van der Waals surface area contributed by atoms with Crippen molar-refractivity contribution in [1.29, 1.82) is 0 Å². The molecule has 0 bridgehead atoms. The number of aromatic nitrogens is 4. The minimum absolute atomic E-state index is 0. The van der Waals surface area contributed by atoms with Crippen molar-refractivity contribution in [2.45, 2.75) is 0 Å². The molecule has 146 valence electrons. The minimum Gasteiger partial charge on any atom is -0.545 e. The number of nitrogens with one attached hydrogen (secondary N) is 1. The summed E-state index contributed by atoms with van der Waals surface area (Å²) in [7, 11) is 3.05. The van der Waals surface area contributed by atoms with Crippen molar-refractivity contribution in [2.24, 2.45) is 0 Å². The van der Waals surface area contributed by atoms with Crippen LogP contribution in [0.5, 0.6) is 11.6 Å². The summed E-state index contributed by atoms with van der Waals surface area (Å²) in [6.07, 6.45) is 3.20. The number of carboxylic acid groups (broad SMARTS) is 1. The third kappa shape index (κ3) is 4.47. The largest absolute Gasteiger partial charge is 1.00 e. The van der Waals surface area contributed by atoms with E-state index in [9.17, 15) is 9.90 Å². The molecule has 0 saturated carbocycles. The number of rotatable bonds is 6. The molecule has 3 aromatic heterocycles. The second-order valence-electron chi connectivity index (χ2n) is 6.07. The SMILES string of the molecule is COc1ccc(Nc2cc(-c3cccc(C(=O)[O-])c3)cn3ncnc23)nc1OC.[K+]. The zero-order valence-corrected chi connectivity index (χ0v) is 19.7. The van der Waals surface area contributed by atoms with Crippen LogP contribution in [0.15, 0.2) is 55.0 Å². The zero-order valence-electron chi connectivity index (χ0n) is 16.6. The smallest absolute Gasteiger partial charge is 0.545 e. The van der Waals surface area contributed by atoms with E-state index in [1.807, 2.05) is 12.1 Å². The maximum atomic E-state index is 11.2. The van der Waals surface area contributed by atoms with Crippen LogP contribution in [0.3, 0.4) is 0 Å². The molecule has 0 unspecified atom stereocenters. The number of pyridine rings is 2.